The van der Waals surface area contributed by atoms with E-state index in [-0.39, 0.29) is 0 Å². The number of alkyl halides is 1. The molecule has 0 aliphatic heterocycles. The summed E-state index contributed by atoms with van der Waals surface area (Å²) in [7, 11) is -3.74. The Balaban J connectivity index is 1.95. The highest BCUT2D eigenvalue weighted by molar-refractivity contribution is 9.10. The summed E-state index contributed by atoms with van der Waals surface area (Å²) in [5.41, 5.74) is 0.653. The molecule has 0 N–H and O–H groups in total. The maximum Gasteiger partial charge on any atom is 0.452 e. The molecule has 3 aromatic carbocycles. The Morgan fingerprint density at radius 3 is 1.64 bits per heavy atom. The first-order valence-corrected chi connectivity index (χ1v) is 10.4. The van der Waals surface area contributed by atoms with Crippen LogP contribution in [-0.2, 0) is 4.57 Å². The molecule has 0 radical (unpaired) electrons. The lowest BCUT2D eigenvalue weighted by atomic mass is 10.2. The van der Waals surface area contributed by atoms with Gasteiger partial charge in [-0.3, -0.25) is 0 Å². The number of rotatable bonds is 6. The second kappa shape index (κ2) is 8.09. The second-order valence-electron chi connectivity index (χ2n) is 5.24. The number of para-hydroxylation sites is 2. The van der Waals surface area contributed by atoms with Gasteiger partial charge in [-0.1, -0.05) is 64.5 Å². The van der Waals surface area contributed by atoms with Crippen LogP contribution in [-0.4, -0.2) is 0 Å². The predicted molar refractivity (Wildman–Crippen MR) is 104 cm³/mol. The molecule has 3 aromatic rings. The van der Waals surface area contributed by atoms with E-state index < -0.39 is 12.7 Å². The van der Waals surface area contributed by atoms with Gasteiger partial charge < -0.3 is 9.05 Å². The van der Waals surface area contributed by atoms with E-state index in [0.29, 0.717) is 17.1 Å². The first-order valence-electron chi connectivity index (χ1n) is 7.55. The highest BCUT2D eigenvalue weighted by Crippen LogP contribution is 2.62. The van der Waals surface area contributed by atoms with Gasteiger partial charge in [-0.05, 0) is 42.0 Å². The minimum atomic E-state index is -3.74. The highest BCUT2D eigenvalue weighted by Gasteiger charge is 2.39. The summed E-state index contributed by atoms with van der Waals surface area (Å²) in [5.74, 6) is 0.869. The van der Waals surface area contributed by atoms with Crippen molar-refractivity contribution in [3.63, 3.8) is 0 Å². The summed E-state index contributed by atoms with van der Waals surface area (Å²) in [5, 5.41) is -0.957. The fraction of sp³-hybridized carbons (Fsp3) is 0.0526. The average molecular weight is 438 g/mol. The molecular weight excluding hydrogens is 423 g/mol. The fourth-order valence-electron chi connectivity index (χ4n) is 2.17. The molecule has 0 aliphatic carbocycles. The highest BCUT2D eigenvalue weighted by atomic mass is 79.9. The van der Waals surface area contributed by atoms with Gasteiger partial charge in [0.1, 0.15) is 11.5 Å². The van der Waals surface area contributed by atoms with E-state index in [9.17, 15) is 4.57 Å². The molecule has 3 nitrogen and oxygen atoms in total. The maximum absolute atomic E-state index is 13.5. The Bertz CT molecular complexity index is 811. The Hall–Kier alpha value is -1.74. The van der Waals surface area contributed by atoms with E-state index in [1.165, 1.54) is 0 Å². The van der Waals surface area contributed by atoms with E-state index in [1.54, 1.807) is 60.7 Å². The maximum atomic E-state index is 13.5. The molecule has 25 heavy (non-hydrogen) atoms. The third kappa shape index (κ3) is 4.66. The SMILES string of the molecule is O=P(Oc1ccccc1)(Oc1ccccc1)[C@@H](Cl)c1ccc(Br)cc1. The van der Waals surface area contributed by atoms with Crippen LogP contribution in [0.2, 0.25) is 0 Å². The van der Waals surface area contributed by atoms with Crippen LogP contribution >= 0.6 is 35.1 Å². The largest absolute Gasteiger partial charge is 0.452 e. The van der Waals surface area contributed by atoms with Gasteiger partial charge in [0.15, 0.2) is 5.12 Å². The summed E-state index contributed by atoms with van der Waals surface area (Å²) < 4.78 is 25.9. The molecule has 1 atom stereocenters. The number of hydrogen-bond donors (Lipinski definition) is 0. The molecule has 0 fully saturated rings. The van der Waals surface area contributed by atoms with Gasteiger partial charge >= 0.3 is 7.60 Å². The molecule has 6 heteroatoms. The van der Waals surface area contributed by atoms with Crippen molar-refractivity contribution in [2.24, 2.45) is 0 Å². The van der Waals surface area contributed by atoms with Crippen molar-refractivity contribution in [1.82, 2.24) is 0 Å². The molecule has 0 saturated carbocycles. The predicted octanol–water partition coefficient (Wildman–Crippen LogP) is 7.04. The minimum Gasteiger partial charge on any atom is -0.415 e. The zero-order valence-electron chi connectivity index (χ0n) is 13.1. The minimum absolute atomic E-state index is 0.435. The topological polar surface area (TPSA) is 35.5 Å². The van der Waals surface area contributed by atoms with Gasteiger partial charge in [-0.15, -0.1) is 11.6 Å². The quantitative estimate of drug-likeness (QED) is 0.306. The van der Waals surface area contributed by atoms with Crippen molar-refractivity contribution in [2.75, 3.05) is 0 Å². The van der Waals surface area contributed by atoms with Crippen molar-refractivity contribution in [2.45, 2.75) is 5.12 Å². The van der Waals surface area contributed by atoms with Gasteiger partial charge in [0.25, 0.3) is 0 Å². The molecule has 0 aromatic heterocycles. The molecule has 0 spiro atoms. The van der Waals surface area contributed by atoms with Crippen molar-refractivity contribution < 1.29 is 13.6 Å². The molecule has 0 aliphatic rings. The van der Waals surface area contributed by atoms with Crippen LogP contribution in [0.25, 0.3) is 0 Å². The third-order valence-electron chi connectivity index (χ3n) is 3.37. The van der Waals surface area contributed by atoms with Gasteiger partial charge in [-0.2, -0.15) is 0 Å². The average Bonchev–Trinajstić information content (AvgIpc) is 2.63. The summed E-state index contributed by atoms with van der Waals surface area (Å²) >= 11 is 9.92. The van der Waals surface area contributed by atoms with Gasteiger partial charge in [0.2, 0.25) is 0 Å². The van der Waals surface area contributed by atoms with Crippen LogP contribution in [0.15, 0.2) is 89.4 Å². The second-order valence-corrected chi connectivity index (χ2v) is 8.85. The van der Waals surface area contributed by atoms with Gasteiger partial charge in [0, 0.05) is 4.47 Å². The standard InChI is InChI=1S/C19H15BrClO3P/c20-16-13-11-15(12-14-16)19(21)25(22,23-17-7-3-1-4-8-17)24-18-9-5-2-6-10-18/h1-14,19H/t19-/m1/s1. The number of hydrogen-bond acceptors (Lipinski definition) is 3. The molecule has 0 amide bonds. The normalized spacial score (nSPS) is 12.4. The van der Waals surface area contributed by atoms with Gasteiger partial charge in [-0.25, -0.2) is 4.57 Å². The summed E-state index contributed by atoms with van der Waals surface area (Å²) in [4.78, 5) is 0. The number of benzene rings is 3. The fourth-order valence-corrected chi connectivity index (χ4v) is 4.41. The van der Waals surface area contributed by atoms with E-state index in [2.05, 4.69) is 15.9 Å². The lowest BCUT2D eigenvalue weighted by Crippen LogP contribution is -2.07. The Morgan fingerprint density at radius 1 is 0.760 bits per heavy atom. The third-order valence-corrected chi connectivity index (χ3v) is 6.66. The molecule has 0 unspecified atom stereocenters. The van der Waals surface area contributed by atoms with Crippen molar-refractivity contribution in [1.29, 1.82) is 0 Å². The number of halogens is 2. The first-order chi connectivity index (χ1) is 12.1. The van der Waals surface area contributed by atoms with Crippen molar-refractivity contribution in [3.05, 3.63) is 95.0 Å². The summed E-state index contributed by atoms with van der Waals surface area (Å²) in [6, 6.07) is 25.0. The van der Waals surface area contributed by atoms with Crippen molar-refractivity contribution >= 4 is 35.1 Å². The molecule has 128 valence electrons. The lowest BCUT2D eigenvalue weighted by Gasteiger charge is -2.24. The van der Waals surface area contributed by atoms with Gasteiger partial charge in [0.05, 0.1) is 0 Å². The van der Waals surface area contributed by atoms with Crippen LogP contribution < -0.4 is 9.05 Å². The molecule has 0 heterocycles. The molecule has 3 rings (SSSR count). The zero-order valence-corrected chi connectivity index (χ0v) is 16.3. The van der Waals surface area contributed by atoms with Crippen LogP contribution in [0.1, 0.15) is 10.7 Å². The van der Waals surface area contributed by atoms with E-state index in [1.807, 2.05) is 24.3 Å². The Labute approximate surface area is 160 Å². The molecule has 0 bridgehead atoms. The lowest BCUT2D eigenvalue weighted by molar-refractivity contribution is 0.383. The Morgan fingerprint density at radius 2 is 1.20 bits per heavy atom. The van der Waals surface area contributed by atoms with E-state index in [4.69, 9.17) is 20.6 Å². The van der Waals surface area contributed by atoms with Crippen LogP contribution in [0.3, 0.4) is 0 Å². The summed E-state index contributed by atoms with van der Waals surface area (Å²) in [6.45, 7) is 0. The van der Waals surface area contributed by atoms with Crippen LogP contribution in [0.5, 0.6) is 11.5 Å². The molecule has 0 saturated heterocycles. The smallest absolute Gasteiger partial charge is 0.415 e. The zero-order chi connectivity index (χ0) is 17.7. The van der Waals surface area contributed by atoms with Crippen molar-refractivity contribution in [3.8, 4) is 11.5 Å². The monoisotopic (exact) mass is 436 g/mol. The van der Waals surface area contributed by atoms with E-state index in [0.717, 1.165) is 4.47 Å². The summed E-state index contributed by atoms with van der Waals surface area (Å²) in [6.07, 6.45) is 0. The van der Waals surface area contributed by atoms with Crippen LogP contribution in [0.4, 0.5) is 0 Å². The Kier molecular flexibility index (Phi) is 5.85. The first kappa shape index (κ1) is 18.1. The van der Waals surface area contributed by atoms with Crippen LogP contribution in [0, 0.1) is 0 Å². The van der Waals surface area contributed by atoms with E-state index >= 15 is 0 Å². The molecular formula is C19H15BrClO3P.